The van der Waals surface area contributed by atoms with Crippen molar-refractivity contribution in [3.8, 4) is 5.75 Å². The molecule has 6 heteroatoms. The van der Waals surface area contributed by atoms with E-state index in [1.165, 1.54) is 25.3 Å². The minimum absolute atomic E-state index is 0.0220. The minimum Gasteiger partial charge on any atom is -0.494 e. The summed E-state index contributed by atoms with van der Waals surface area (Å²) in [6.07, 6.45) is 0.624. The topological polar surface area (TPSA) is 70.9 Å². The number of rotatable bonds is 3. The van der Waals surface area contributed by atoms with Crippen molar-refractivity contribution < 1.29 is 19.1 Å². The fraction of sp³-hybridized carbons (Fsp3) is 0.111. The largest absolute Gasteiger partial charge is 0.494 e. The second kappa shape index (κ2) is 4.94. The smallest absolute Gasteiger partial charge is 0.270 e. The van der Waals surface area contributed by atoms with Gasteiger partial charge in [0.25, 0.3) is 5.91 Å². The maximum atomic E-state index is 13.4. The molecule has 0 radical (unpaired) electrons. The average Bonchev–Trinajstić information content (AvgIpc) is 2.21. The quantitative estimate of drug-likeness (QED) is 0.449. The molecule has 0 aliphatic heterocycles. The van der Waals surface area contributed by atoms with E-state index in [2.05, 4.69) is 10.5 Å². The number of carbonyl (C=O) groups is 1. The summed E-state index contributed by atoms with van der Waals surface area (Å²) in [6, 6.07) is 4.31. The van der Waals surface area contributed by atoms with Crippen LogP contribution in [0.15, 0.2) is 23.4 Å². The summed E-state index contributed by atoms with van der Waals surface area (Å²) in [4.78, 5) is 10.9. The summed E-state index contributed by atoms with van der Waals surface area (Å²) in [5.41, 5.74) is -0.0424. The first-order valence-electron chi connectivity index (χ1n) is 4.00. The van der Waals surface area contributed by atoms with Crippen molar-refractivity contribution >= 4 is 17.8 Å². The Balaban J connectivity index is 2.90. The summed E-state index contributed by atoms with van der Waals surface area (Å²) < 4.78 is 18.1. The van der Waals surface area contributed by atoms with E-state index in [9.17, 15) is 9.18 Å². The maximum absolute atomic E-state index is 13.4. The molecule has 0 saturated heterocycles. The number of nitrogens with one attached hydrogen (secondary N) is 1. The maximum Gasteiger partial charge on any atom is 0.270 e. The van der Waals surface area contributed by atoms with Crippen LogP contribution in [-0.4, -0.2) is 24.4 Å². The number of oxime groups is 1. The highest BCUT2D eigenvalue weighted by Gasteiger charge is 2.09. The lowest BCUT2D eigenvalue weighted by atomic mass is 10.3. The molecule has 0 aliphatic rings. The average molecular weight is 212 g/mol. The molecule has 15 heavy (non-hydrogen) atoms. The van der Waals surface area contributed by atoms with Gasteiger partial charge in [-0.15, -0.1) is 0 Å². The van der Waals surface area contributed by atoms with Gasteiger partial charge in [-0.2, -0.15) is 0 Å². The number of anilines is 1. The molecule has 0 atom stereocenters. The summed E-state index contributed by atoms with van der Waals surface area (Å²) in [5, 5.41) is 12.8. The fourth-order valence-corrected chi connectivity index (χ4v) is 0.982. The predicted molar refractivity (Wildman–Crippen MR) is 51.9 cm³/mol. The minimum atomic E-state index is -0.732. The Bertz CT molecular complexity index is 393. The number of amides is 1. The number of nitrogens with zero attached hydrogens (tertiary/aromatic N) is 1. The van der Waals surface area contributed by atoms with E-state index in [4.69, 9.17) is 9.94 Å². The first-order valence-corrected chi connectivity index (χ1v) is 4.00. The molecule has 1 rings (SSSR count). The molecule has 2 N–H and O–H groups in total. The number of methoxy groups -OCH3 is 1. The van der Waals surface area contributed by atoms with Crippen LogP contribution in [-0.2, 0) is 4.79 Å². The van der Waals surface area contributed by atoms with Crippen LogP contribution in [0.4, 0.5) is 10.1 Å². The molecule has 0 heterocycles. The van der Waals surface area contributed by atoms with Gasteiger partial charge in [-0.25, -0.2) is 4.39 Å². The van der Waals surface area contributed by atoms with Gasteiger partial charge in [0.15, 0.2) is 11.6 Å². The lowest BCUT2D eigenvalue weighted by Crippen LogP contribution is -2.13. The van der Waals surface area contributed by atoms with E-state index in [1.807, 2.05) is 0 Å². The highest BCUT2D eigenvalue weighted by molar-refractivity contribution is 6.31. The number of benzene rings is 1. The second-order valence-electron chi connectivity index (χ2n) is 2.56. The fourth-order valence-electron chi connectivity index (χ4n) is 0.982. The normalized spacial score (nSPS) is 10.3. The van der Waals surface area contributed by atoms with Crippen LogP contribution in [0.25, 0.3) is 0 Å². The molecular weight excluding hydrogens is 203 g/mol. The predicted octanol–water partition coefficient (Wildman–Crippen LogP) is 1.23. The molecule has 1 aromatic carbocycles. The zero-order valence-corrected chi connectivity index (χ0v) is 7.90. The van der Waals surface area contributed by atoms with Gasteiger partial charge in [0, 0.05) is 0 Å². The first kappa shape index (κ1) is 11.0. The van der Waals surface area contributed by atoms with Crippen molar-refractivity contribution in [1.29, 1.82) is 0 Å². The third-order valence-electron chi connectivity index (χ3n) is 1.62. The van der Waals surface area contributed by atoms with E-state index in [1.54, 1.807) is 0 Å². The van der Waals surface area contributed by atoms with E-state index >= 15 is 0 Å². The molecule has 80 valence electrons. The molecule has 0 saturated carbocycles. The van der Waals surface area contributed by atoms with Crippen molar-refractivity contribution in [2.45, 2.75) is 0 Å². The van der Waals surface area contributed by atoms with E-state index in [0.29, 0.717) is 6.21 Å². The Morgan fingerprint density at radius 2 is 2.40 bits per heavy atom. The highest BCUT2D eigenvalue weighted by Crippen LogP contribution is 2.23. The Labute approximate surface area is 85.2 Å². The molecule has 0 spiro atoms. The lowest BCUT2D eigenvalue weighted by Gasteiger charge is -2.06. The molecule has 0 bridgehead atoms. The Kier molecular flexibility index (Phi) is 3.61. The highest BCUT2D eigenvalue weighted by atomic mass is 19.1. The second-order valence-corrected chi connectivity index (χ2v) is 2.56. The van der Waals surface area contributed by atoms with E-state index < -0.39 is 11.7 Å². The molecule has 0 fully saturated rings. The van der Waals surface area contributed by atoms with E-state index in [-0.39, 0.29) is 11.4 Å². The lowest BCUT2D eigenvalue weighted by molar-refractivity contribution is -0.110. The first-order chi connectivity index (χ1) is 7.19. The van der Waals surface area contributed by atoms with Crippen LogP contribution in [0.3, 0.4) is 0 Å². The van der Waals surface area contributed by atoms with Crippen molar-refractivity contribution in [1.82, 2.24) is 0 Å². The molecular formula is C9H9FN2O3. The summed E-state index contributed by atoms with van der Waals surface area (Å²) >= 11 is 0. The monoisotopic (exact) mass is 212 g/mol. The molecule has 0 aliphatic carbocycles. The van der Waals surface area contributed by atoms with Crippen LogP contribution in [0.5, 0.6) is 5.75 Å². The van der Waals surface area contributed by atoms with Gasteiger partial charge in [0.2, 0.25) is 0 Å². The van der Waals surface area contributed by atoms with Gasteiger partial charge in [0.1, 0.15) is 6.21 Å². The van der Waals surface area contributed by atoms with Gasteiger partial charge in [-0.3, -0.25) is 4.79 Å². The van der Waals surface area contributed by atoms with Crippen molar-refractivity contribution in [2.75, 3.05) is 12.4 Å². The standard InChI is InChI=1S/C9H9FN2O3/c1-15-7-4-2-3-6(9(7)10)12-8(13)5-11-14/h2-5,14H,1H3,(H,12,13). The number of hydrogen-bond donors (Lipinski definition) is 2. The molecule has 0 aromatic heterocycles. The number of carbonyl (C=O) groups excluding carboxylic acids is 1. The summed E-state index contributed by atoms with van der Waals surface area (Å²) in [5.74, 6) is -1.39. The summed E-state index contributed by atoms with van der Waals surface area (Å²) in [6.45, 7) is 0. The number of ether oxygens (including phenoxy) is 1. The van der Waals surface area contributed by atoms with Gasteiger partial charge < -0.3 is 15.3 Å². The van der Waals surface area contributed by atoms with Crippen LogP contribution < -0.4 is 10.1 Å². The van der Waals surface area contributed by atoms with Crippen LogP contribution in [0.2, 0.25) is 0 Å². The number of hydrogen-bond acceptors (Lipinski definition) is 4. The van der Waals surface area contributed by atoms with Gasteiger partial charge >= 0.3 is 0 Å². The zero-order chi connectivity index (χ0) is 11.3. The van der Waals surface area contributed by atoms with Crippen LogP contribution in [0, 0.1) is 5.82 Å². The Hall–Kier alpha value is -2.11. The number of halogens is 1. The van der Waals surface area contributed by atoms with Gasteiger partial charge in [-0.1, -0.05) is 11.2 Å². The third kappa shape index (κ3) is 2.67. The van der Waals surface area contributed by atoms with Crippen LogP contribution >= 0.6 is 0 Å². The molecule has 0 unspecified atom stereocenters. The van der Waals surface area contributed by atoms with Gasteiger partial charge in [0.05, 0.1) is 12.8 Å². The summed E-state index contributed by atoms with van der Waals surface area (Å²) in [7, 11) is 1.32. The van der Waals surface area contributed by atoms with E-state index in [0.717, 1.165) is 0 Å². The zero-order valence-electron chi connectivity index (χ0n) is 7.90. The molecule has 5 nitrogen and oxygen atoms in total. The van der Waals surface area contributed by atoms with Crippen LogP contribution in [0.1, 0.15) is 0 Å². The Morgan fingerprint density at radius 1 is 1.67 bits per heavy atom. The SMILES string of the molecule is COc1cccc(NC(=O)C=NO)c1F. The van der Waals surface area contributed by atoms with Gasteiger partial charge in [-0.05, 0) is 12.1 Å². The van der Waals surface area contributed by atoms with Crippen molar-refractivity contribution in [3.63, 3.8) is 0 Å². The van der Waals surface area contributed by atoms with Crippen molar-refractivity contribution in [3.05, 3.63) is 24.0 Å². The molecule has 1 aromatic rings. The van der Waals surface area contributed by atoms with Crippen molar-refractivity contribution in [2.24, 2.45) is 5.16 Å². The third-order valence-corrected chi connectivity index (χ3v) is 1.62. The Morgan fingerprint density at radius 3 is 3.00 bits per heavy atom. The molecule has 1 amide bonds.